The number of benzene rings is 1. The molecule has 1 aromatic rings. The first kappa shape index (κ1) is 9.06. The predicted octanol–water partition coefficient (Wildman–Crippen LogP) is 4.66. The molecule has 1 spiro atoms. The van der Waals surface area contributed by atoms with Gasteiger partial charge in [0, 0.05) is 0 Å². The number of rotatable bonds is 3. The molecule has 4 unspecified atom stereocenters. The molecule has 10 fully saturated rings. The first-order valence-electron chi connectivity index (χ1n) is 9.67. The summed E-state index contributed by atoms with van der Waals surface area (Å²) in [5, 5.41) is 0. The van der Waals surface area contributed by atoms with Crippen LogP contribution in [-0.2, 0) is 13.1 Å². The van der Waals surface area contributed by atoms with Crippen LogP contribution in [0.2, 0.25) is 47.7 Å². The summed E-state index contributed by atoms with van der Waals surface area (Å²) in [6.07, 6.45) is 0. The van der Waals surface area contributed by atoms with Crippen LogP contribution in [0.5, 0.6) is 0 Å². The molecule has 23 heavy (non-hydrogen) atoms. The topological polar surface area (TPSA) is 15.6 Å². The van der Waals surface area contributed by atoms with E-state index in [4.69, 9.17) is 4.99 Å². The summed E-state index contributed by atoms with van der Waals surface area (Å²) in [5.41, 5.74) is 1.49. The third-order valence-electron chi connectivity index (χ3n) is 17.2. The first-order valence-corrected chi connectivity index (χ1v) is 16.0. The second kappa shape index (κ2) is 0.956. The zero-order valence-electron chi connectivity index (χ0n) is 13.0. The van der Waals surface area contributed by atoms with Crippen LogP contribution in [-0.4, -0.2) is 23.8 Å². The third-order valence-corrected chi connectivity index (χ3v) is 59.5. The summed E-state index contributed by atoms with van der Waals surface area (Å²) in [6.45, 7) is 0.430. The van der Waals surface area contributed by atoms with Crippen LogP contribution < -0.4 is 0 Å². The quantitative estimate of drug-likeness (QED) is 0.728. The van der Waals surface area contributed by atoms with E-state index in [9.17, 15) is 0 Å². The van der Waals surface area contributed by atoms with Crippen molar-refractivity contribution in [3.05, 3.63) is 35.9 Å². The molecule has 11 aliphatic rings. The Kier molecular flexibility index (Phi) is 0.376. The van der Waals surface area contributed by atoms with E-state index < -0.39 is 6.51 Å². The molecule has 0 bridgehead atoms. The van der Waals surface area contributed by atoms with Gasteiger partial charge in [-0.3, -0.25) is 0 Å². The van der Waals surface area contributed by atoms with E-state index in [-0.39, 0.29) is 0 Å². The van der Waals surface area contributed by atoms with Crippen molar-refractivity contribution >= 4 is 5.84 Å². The average Bonchev–Trinajstić information content (AvgIpc) is 3.47. The van der Waals surface area contributed by atoms with Gasteiger partial charge in [-0.25, -0.2) is 0 Å². The van der Waals surface area contributed by atoms with Gasteiger partial charge in [-0.15, -0.1) is 0 Å². The Balaban J connectivity index is 1.16. The third kappa shape index (κ3) is 0.136. The van der Waals surface area contributed by atoms with Gasteiger partial charge in [-0.2, -0.15) is 0 Å². The Hall–Kier alpha value is -0.791. The van der Waals surface area contributed by atoms with Crippen LogP contribution in [0.4, 0.5) is 0 Å². The van der Waals surface area contributed by atoms with Crippen molar-refractivity contribution in [3.8, 4) is 0 Å². The van der Waals surface area contributed by atoms with Gasteiger partial charge in [-0.1, -0.05) is 0 Å². The van der Waals surface area contributed by atoms with E-state index in [1.165, 1.54) is 55.5 Å². The number of hydrogen-bond donors (Lipinski definition) is 0. The standard InChI is InChI=1S/C15H15N2.C5H5.Fe/c1-2-6-13(7-3-1)12-17-11-10-16-15(17)14-8-4-5-9-14;1-2-4-5-3-1;/h1-9H,10-12H2;1-5H;. The molecule has 10 saturated heterocycles. The summed E-state index contributed by atoms with van der Waals surface area (Å²) in [7, 11) is 0. The van der Waals surface area contributed by atoms with E-state index in [0.717, 1.165) is 17.4 Å². The number of aliphatic imine (C=N–C) groups is 1. The molecule has 12 rings (SSSR count). The zero-order chi connectivity index (χ0) is 14.1. The Morgan fingerprint density at radius 3 is 2.13 bits per heavy atom. The van der Waals surface area contributed by atoms with Crippen LogP contribution in [0.15, 0.2) is 35.3 Å². The summed E-state index contributed by atoms with van der Waals surface area (Å²) >= 11 is 0. The molecule has 11 heterocycles. The van der Waals surface area contributed by atoms with Crippen molar-refractivity contribution in [2.45, 2.75) is 54.2 Å². The van der Waals surface area contributed by atoms with Crippen LogP contribution >= 0.6 is 0 Å². The van der Waals surface area contributed by atoms with Crippen LogP contribution in [0.1, 0.15) is 5.56 Å². The Morgan fingerprint density at radius 2 is 1.61 bits per heavy atom. The van der Waals surface area contributed by atoms with Crippen molar-refractivity contribution in [1.29, 1.82) is 0 Å². The monoisotopic (exact) mass is 344 g/mol. The fourth-order valence-electron chi connectivity index (χ4n) is 18.6. The van der Waals surface area contributed by atoms with Gasteiger partial charge < -0.3 is 0 Å². The molecule has 0 aromatic heterocycles. The molecule has 11 aliphatic heterocycles. The predicted molar refractivity (Wildman–Crippen MR) is 85.6 cm³/mol. The molecule has 0 aliphatic carbocycles. The average molecular weight is 344 g/mol. The molecule has 0 saturated carbocycles. The van der Waals surface area contributed by atoms with Gasteiger partial charge in [0.2, 0.25) is 0 Å². The first-order chi connectivity index (χ1) is 11.1. The van der Waals surface area contributed by atoms with Gasteiger partial charge in [0.25, 0.3) is 0 Å². The van der Waals surface area contributed by atoms with E-state index >= 15 is 0 Å². The van der Waals surface area contributed by atoms with Gasteiger partial charge in [-0.05, 0) is 0 Å². The van der Waals surface area contributed by atoms with Gasteiger partial charge in [0.1, 0.15) is 0 Å². The van der Waals surface area contributed by atoms with Crippen LogP contribution in [0, 0.1) is 0 Å². The van der Waals surface area contributed by atoms with Crippen molar-refractivity contribution in [2.75, 3.05) is 13.1 Å². The minimum absolute atomic E-state index is 0.852. The molecule has 0 radical (unpaired) electrons. The maximum atomic E-state index is 5.28. The fraction of sp³-hybridized carbons (Fsp3) is 0.650. The normalized spacial score (nSPS) is 94.3. The molecule has 1 aromatic carbocycles. The Labute approximate surface area is 125 Å². The minimum atomic E-state index is -3.01. The van der Waals surface area contributed by atoms with Crippen LogP contribution in [0.3, 0.4) is 0 Å². The number of fused-ring (bicyclic) bond motifs is 10. The van der Waals surface area contributed by atoms with Crippen LogP contribution in [0.25, 0.3) is 0 Å². The summed E-state index contributed by atoms with van der Waals surface area (Å²) < 4.78 is 0.852. The maximum absolute atomic E-state index is 5.28. The molecule has 2 nitrogen and oxygen atoms in total. The zero-order valence-corrected chi connectivity index (χ0v) is 14.1. The number of nitrogens with zero attached hydrogens (tertiary/aromatic N) is 2. The second-order valence-corrected chi connectivity index (χ2v) is 36.4. The fourth-order valence-corrected chi connectivity index (χ4v) is 92.5. The Bertz CT molecular complexity index is 1250. The van der Waals surface area contributed by atoms with Crippen molar-refractivity contribution in [2.24, 2.45) is 4.99 Å². The molecule has 4 atom stereocenters. The molecular formula is C20H20FeN2. The summed E-state index contributed by atoms with van der Waals surface area (Å²) in [5.74, 6) is 1.73. The van der Waals surface area contributed by atoms with Crippen molar-refractivity contribution in [1.82, 2.24) is 4.90 Å². The van der Waals surface area contributed by atoms with Gasteiger partial charge in [0.15, 0.2) is 0 Å². The van der Waals surface area contributed by atoms with E-state index in [1.807, 2.05) is 0 Å². The molecule has 118 valence electrons. The van der Waals surface area contributed by atoms with E-state index in [2.05, 4.69) is 35.2 Å². The summed E-state index contributed by atoms with van der Waals surface area (Å²) in [4.78, 5) is 20.7. The molecule has 3 heteroatoms. The van der Waals surface area contributed by atoms with Gasteiger partial charge in [0.05, 0.1) is 0 Å². The van der Waals surface area contributed by atoms with Crippen molar-refractivity contribution < 1.29 is 6.51 Å². The molecular weight excluding hydrogens is 324 g/mol. The number of amidine groups is 1. The van der Waals surface area contributed by atoms with Gasteiger partial charge >= 0.3 is 125 Å². The summed E-state index contributed by atoms with van der Waals surface area (Å²) in [6, 6.07) is 11.2. The SMILES string of the molecule is c1ccc(CN2CCN=C2[C]23[CH]4[CH]5[CH]6[CH]2[Fe]56432789[CH]3[CH]2[CH]7[CH]8[CH]39)cc1. The molecule has 0 N–H and O–H groups in total. The van der Waals surface area contributed by atoms with Crippen molar-refractivity contribution in [3.63, 3.8) is 0 Å². The molecule has 0 amide bonds. The Morgan fingerprint density at radius 1 is 0.957 bits per heavy atom. The number of hydrogen-bond acceptors (Lipinski definition) is 2. The second-order valence-electron chi connectivity index (χ2n) is 12.8. The van der Waals surface area contributed by atoms with E-state index in [1.54, 1.807) is 5.84 Å². The van der Waals surface area contributed by atoms with E-state index in [0.29, 0.717) is 0 Å².